The number of pyridine rings is 1. The van der Waals surface area contributed by atoms with E-state index in [1.54, 1.807) is 26.0 Å². The number of ether oxygens (including phenoxy) is 1. The molecule has 0 aliphatic heterocycles. The predicted octanol–water partition coefficient (Wildman–Crippen LogP) is 0.813. The van der Waals surface area contributed by atoms with E-state index in [0.29, 0.717) is 11.4 Å². The number of hydrogen-bond donors (Lipinski definition) is 2. The third-order valence-electron chi connectivity index (χ3n) is 2.52. The fourth-order valence-electron chi connectivity index (χ4n) is 1.48. The summed E-state index contributed by atoms with van der Waals surface area (Å²) >= 11 is 0. The minimum absolute atomic E-state index is 0.424. The van der Waals surface area contributed by atoms with Gasteiger partial charge in [-0.25, -0.2) is 4.79 Å². The van der Waals surface area contributed by atoms with Crippen molar-refractivity contribution in [3.63, 3.8) is 0 Å². The van der Waals surface area contributed by atoms with Crippen molar-refractivity contribution in [3.05, 3.63) is 24.0 Å². The molecule has 5 heteroatoms. The summed E-state index contributed by atoms with van der Waals surface area (Å²) in [6.07, 6.45) is 0.00468. The zero-order chi connectivity index (χ0) is 12.3. The molecule has 1 aromatic rings. The molecule has 0 fully saturated rings. The molecule has 88 valence electrons. The Bertz CT molecular complexity index is 389. The van der Waals surface area contributed by atoms with Gasteiger partial charge in [0.05, 0.1) is 12.8 Å². The molecule has 1 heterocycles. The van der Waals surface area contributed by atoms with E-state index in [1.807, 2.05) is 0 Å². The predicted molar refractivity (Wildman–Crippen MR) is 57.5 cm³/mol. The lowest BCUT2D eigenvalue weighted by atomic mass is 9.82. The Labute approximate surface area is 93.7 Å². The molecule has 0 radical (unpaired) electrons. The van der Waals surface area contributed by atoms with Crippen molar-refractivity contribution in [1.82, 2.24) is 4.98 Å². The molecule has 0 amide bonds. The van der Waals surface area contributed by atoms with Crippen LogP contribution >= 0.6 is 0 Å². The molecule has 0 saturated carbocycles. The van der Waals surface area contributed by atoms with Crippen molar-refractivity contribution in [1.29, 1.82) is 0 Å². The summed E-state index contributed by atoms with van der Waals surface area (Å²) in [5.41, 5.74) is -0.592. The molecule has 2 N–H and O–H groups in total. The fourth-order valence-corrected chi connectivity index (χ4v) is 1.48. The average molecular weight is 225 g/mol. The van der Waals surface area contributed by atoms with Crippen molar-refractivity contribution in [2.24, 2.45) is 0 Å². The average Bonchev–Trinajstić information content (AvgIpc) is 2.27. The van der Waals surface area contributed by atoms with Crippen LogP contribution in [0.15, 0.2) is 18.3 Å². The number of hydrogen-bond acceptors (Lipinski definition) is 4. The molecule has 0 aromatic carbocycles. The number of aromatic nitrogens is 1. The Morgan fingerprint density at radius 2 is 2.19 bits per heavy atom. The van der Waals surface area contributed by atoms with Crippen LogP contribution in [0.2, 0.25) is 0 Å². The number of methoxy groups -OCH3 is 1. The molecule has 16 heavy (non-hydrogen) atoms. The second-order valence-electron chi connectivity index (χ2n) is 4.02. The molecule has 0 spiro atoms. The van der Waals surface area contributed by atoms with Crippen LogP contribution in [0.5, 0.6) is 5.75 Å². The van der Waals surface area contributed by atoms with E-state index in [9.17, 15) is 9.90 Å². The minimum atomic E-state index is -1.53. The van der Waals surface area contributed by atoms with Gasteiger partial charge in [0.25, 0.3) is 0 Å². The Hall–Kier alpha value is -1.62. The van der Waals surface area contributed by atoms with Crippen LogP contribution in [0.4, 0.5) is 0 Å². The topological polar surface area (TPSA) is 79.7 Å². The third kappa shape index (κ3) is 2.14. The zero-order valence-corrected chi connectivity index (χ0v) is 9.47. The second kappa shape index (κ2) is 4.49. The first kappa shape index (κ1) is 12.4. The van der Waals surface area contributed by atoms with Crippen molar-refractivity contribution in [3.8, 4) is 5.75 Å². The van der Waals surface area contributed by atoms with Gasteiger partial charge in [-0.3, -0.25) is 4.98 Å². The zero-order valence-electron chi connectivity index (χ0n) is 9.47. The third-order valence-corrected chi connectivity index (χ3v) is 2.52. The molecule has 0 bridgehead atoms. The monoisotopic (exact) mass is 225 g/mol. The van der Waals surface area contributed by atoms with Crippen LogP contribution in [0.25, 0.3) is 0 Å². The van der Waals surface area contributed by atoms with Crippen LogP contribution in [0, 0.1) is 0 Å². The van der Waals surface area contributed by atoms with Crippen molar-refractivity contribution < 1.29 is 19.7 Å². The summed E-state index contributed by atoms with van der Waals surface area (Å²) in [6, 6.07) is 3.37. The molecule has 0 aliphatic carbocycles. The van der Waals surface area contributed by atoms with Gasteiger partial charge in [-0.05, 0) is 12.1 Å². The molecule has 0 aliphatic rings. The van der Waals surface area contributed by atoms with Crippen molar-refractivity contribution in [2.45, 2.75) is 25.4 Å². The highest BCUT2D eigenvalue weighted by atomic mass is 16.5. The van der Waals surface area contributed by atoms with Crippen molar-refractivity contribution in [2.75, 3.05) is 7.11 Å². The summed E-state index contributed by atoms with van der Waals surface area (Å²) in [5.74, 6) is -0.814. The fraction of sp³-hybridized carbons (Fsp3) is 0.455. The Balaban J connectivity index is 3.20. The maximum Gasteiger partial charge on any atom is 0.333 e. The van der Waals surface area contributed by atoms with E-state index in [0.717, 1.165) is 0 Å². The Morgan fingerprint density at radius 3 is 2.69 bits per heavy atom. The van der Waals surface area contributed by atoms with Gasteiger partial charge in [0.15, 0.2) is 6.10 Å². The molecular formula is C11H15NO4. The highest BCUT2D eigenvalue weighted by Gasteiger charge is 2.38. The number of aliphatic hydroxyl groups excluding tert-OH is 1. The van der Waals surface area contributed by atoms with Crippen LogP contribution < -0.4 is 4.74 Å². The van der Waals surface area contributed by atoms with E-state index in [2.05, 4.69) is 4.98 Å². The SMILES string of the molecule is COc1cccnc1C(C)(C)C(O)C(=O)O. The number of nitrogens with zero attached hydrogens (tertiary/aromatic N) is 1. The van der Waals surface area contributed by atoms with Crippen LogP contribution in [-0.4, -0.2) is 34.4 Å². The molecule has 1 rings (SSSR count). The van der Waals surface area contributed by atoms with Gasteiger partial charge in [0.1, 0.15) is 5.75 Å². The van der Waals surface area contributed by atoms with Gasteiger partial charge in [-0.1, -0.05) is 13.8 Å². The quantitative estimate of drug-likeness (QED) is 0.792. The number of carboxylic acids is 1. The molecular weight excluding hydrogens is 210 g/mol. The van der Waals surface area contributed by atoms with Gasteiger partial charge in [-0.15, -0.1) is 0 Å². The first-order valence-electron chi connectivity index (χ1n) is 4.81. The van der Waals surface area contributed by atoms with E-state index in [-0.39, 0.29) is 0 Å². The molecule has 0 saturated heterocycles. The molecule has 1 unspecified atom stereocenters. The number of aliphatic carboxylic acids is 1. The first-order valence-corrected chi connectivity index (χ1v) is 4.81. The van der Waals surface area contributed by atoms with Crippen molar-refractivity contribution >= 4 is 5.97 Å². The second-order valence-corrected chi connectivity index (χ2v) is 4.02. The normalized spacial score (nSPS) is 13.2. The lowest BCUT2D eigenvalue weighted by Crippen LogP contribution is -2.40. The van der Waals surface area contributed by atoms with Crippen LogP contribution in [0.1, 0.15) is 19.5 Å². The highest BCUT2D eigenvalue weighted by Crippen LogP contribution is 2.32. The van der Waals surface area contributed by atoms with Gasteiger partial charge in [0, 0.05) is 11.6 Å². The summed E-state index contributed by atoms with van der Waals surface area (Å²) in [6.45, 7) is 3.22. The van der Waals surface area contributed by atoms with Crippen LogP contribution in [0.3, 0.4) is 0 Å². The van der Waals surface area contributed by atoms with Crippen LogP contribution in [-0.2, 0) is 10.2 Å². The highest BCUT2D eigenvalue weighted by molar-refractivity contribution is 5.74. The van der Waals surface area contributed by atoms with E-state index < -0.39 is 17.5 Å². The number of carbonyl (C=O) groups is 1. The summed E-state index contributed by atoms with van der Waals surface area (Å²) in [4.78, 5) is 14.9. The summed E-state index contributed by atoms with van der Waals surface area (Å²) in [5, 5.41) is 18.5. The Kier molecular flexibility index (Phi) is 3.49. The maximum absolute atomic E-state index is 10.8. The molecule has 1 atom stereocenters. The Morgan fingerprint density at radius 1 is 1.56 bits per heavy atom. The van der Waals surface area contributed by atoms with Gasteiger partial charge in [-0.2, -0.15) is 0 Å². The summed E-state index contributed by atoms with van der Waals surface area (Å²) < 4.78 is 5.10. The van der Waals surface area contributed by atoms with E-state index in [4.69, 9.17) is 9.84 Å². The smallest absolute Gasteiger partial charge is 0.333 e. The maximum atomic E-state index is 10.8. The standard InChI is InChI=1S/C11H15NO4/c1-11(2,9(13)10(14)15)8-7(16-3)5-4-6-12-8/h4-6,9,13H,1-3H3,(H,14,15). The van der Waals surface area contributed by atoms with Gasteiger partial charge < -0.3 is 14.9 Å². The largest absolute Gasteiger partial charge is 0.495 e. The van der Waals surface area contributed by atoms with Gasteiger partial charge in [0.2, 0.25) is 0 Å². The lowest BCUT2D eigenvalue weighted by Gasteiger charge is -2.28. The number of aliphatic hydroxyl groups is 1. The first-order chi connectivity index (χ1) is 7.41. The van der Waals surface area contributed by atoms with E-state index in [1.165, 1.54) is 13.3 Å². The summed E-state index contributed by atoms with van der Waals surface area (Å²) in [7, 11) is 1.48. The molecule has 5 nitrogen and oxygen atoms in total. The number of rotatable bonds is 4. The molecule has 1 aromatic heterocycles. The van der Waals surface area contributed by atoms with Gasteiger partial charge >= 0.3 is 5.97 Å². The van der Waals surface area contributed by atoms with E-state index >= 15 is 0 Å². The number of carboxylic acid groups (broad SMARTS) is 1. The lowest BCUT2D eigenvalue weighted by molar-refractivity contribution is -0.150. The minimum Gasteiger partial charge on any atom is -0.495 e.